The largest absolute Gasteiger partial charge is 0.385 e. The minimum atomic E-state index is 0.959. The molecule has 1 aliphatic carbocycles. The Morgan fingerprint density at radius 3 is 2.55 bits per heavy atom. The van der Waals surface area contributed by atoms with Crippen molar-refractivity contribution in [3.05, 3.63) is 0 Å². The zero-order valence-corrected chi connectivity index (χ0v) is 7.81. The van der Waals surface area contributed by atoms with Crippen molar-refractivity contribution in [3.63, 3.8) is 0 Å². The number of hydrogen-bond donors (Lipinski definition) is 0. The summed E-state index contributed by atoms with van der Waals surface area (Å²) in [5, 5.41) is 0. The van der Waals surface area contributed by atoms with Gasteiger partial charge in [-0.15, -0.1) is 0 Å². The van der Waals surface area contributed by atoms with Gasteiger partial charge in [0, 0.05) is 13.7 Å². The number of hydrogen-bond acceptors (Lipinski definition) is 1. The van der Waals surface area contributed by atoms with Gasteiger partial charge >= 0.3 is 0 Å². The summed E-state index contributed by atoms with van der Waals surface area (Å²) in [7, 11) is 1.80. The molecule has 1 rings (SSSR count). The fraction of sp³-hybridized carbons (Fsp3) is 1.00. The highest BCUT2D eigenvalue weighted by atomic mass is 16.5. The molecule has 0 N–H and O–H groups in total. The summed E-state index contributed by atoms with van der Waals surface area (Å²) >= 11 is 0. The Labute approximate surface area is 70.1 Å². The Morgan fingerprint density at radius 1 is 1.27 bits per heavy atom. The summed E-state index contributed by atoms with van der Waals surface area (Å²) < 4.78 is 5.07. The average Bonchev–Trinajstić information content (AvgIpc) is 2.48. The molecule has 0 bridgehead atoms. The van der Waals surface area contributed by atoms with Crippen LogP contribution in [0.2, 0.25) is 0 Å². The van der Waals surface area contributed by atoms with E-state index in [1.54, 1.807) is 7.11 Å². The van der Waals surface area contributed by atoms with Gasteiger partial charge in [0.25, 0.3) is 0 Å². The van der Waals surface area contributed by atoms with Crippen LogP contribution in [0.1, 0.15) is 39.0 Å². The number of rotatable bonds is 4. The minimum absolute atomic E-state index is 0.959. The molecule has 66 valence electrons. The van der Waals surface area contributed by atoms with E-state index in [1.165, 1.54) is 32.1 Å². The molecular formula is C10H20O. The molecule has 0 amide bonds. The second-order valence-electron chi connectivity index (χ2n) is 3.73. The third-order valence-corrected chi connectivity index (χ3v) is 2.96. The van der Waals surface area contributed by atoms with Gasteiger partial charge in [0.1, 0.15) is 0 Å². The maximum Gasteiger partial charge on any atom is 0.0464 e. The van der Waals surface area contributed by atoms with E-state index in [2.05, 4.69) is 6.92 Å². The van der Waals surface area contributed by atoms with E-state index in [0.717, 1.165) is 18.4 Å². The van der Waals surface area contributed by atoms with Crippen molar-refractivity contribution in [1.82, 2.24) is 0 Å². The van der Waals surface area contributed by atoms with Crippen LogP contribution in [-0.2, 0) is 4.74 Å². The van der Waals surface area contributed by atoms with Gasteiger partial charge in [0.05, 0.1) is 0 Å². The first-order chi connectivity index (χ1) is 5.36. The molecule has 0 aromatic carbocycles. The smallest absolute Gasteiger partial charge is 0.0464 e. The highest BCUT2D eigenvalue weighted by Crippen LogP contribution is 2.34. The lowest BCUT2D eigenvalue weighted by molar-refractivity contribution is 0.177. The van der Waals surface area contributed by atoms with Crippen molar-refractivity contribution in [2.75, 3.05) is 13.7 Å². The standard InChI is InChI=1S/C10H20O/c1-3-9-4-5-10(8-9)6-7-11-2/h9-10H,3-8H2,1-2H3/t9-,10-/m0/s1. The zero-order valence-electron chi connectivity index (χ0n) is 7.81. The first-order valence-electron chi connectivity index (χ1n) is 4.85. The average molecular weight is 156 g/mol. The molecule has 0 aromatic heterocycles. The fourth-order valence-corrected chi connectivity index (χ4v) is 2.10. The van der Waals surface area contributed by atoms with Crippen LogP contribution in [0.3, 0.4) is 0 Å². The van der Waals surface area contributed by atoms with E-state index in [0.29, 0.717) is 0 Å². The Kier molecular flexibility index (Phi) is 3.92. The molecule has 0 saturated heterocycles. The lowest BCUT2D eigenvalue weighted by Gasteiger charge is -2.08. The van der Waals surface area contributed by atoms with Crippen LogP contribution in [0.15, 0.2) is 0 Å². The van der Waals surface area contributed by atoms with Crippen LogP contribution in [0.4, 0.5) is 0 Å². The third kappa shape index (κ3) is 2.82. The lowest BCUT2D eigenvalue weighted by Crippen LogP contribution is -2.00. The molecule has 1 aliphatic rings. The maximum atomic E-state index is 5.07. The Morgan fingerprint density at radius 2 is 2.00 bits per heavy atom. The SMILES string of the molecule is CC[C@H]1CC[C@@H](CCOC)C1. The van der Waals surface area contributed by atoms with Crippen LogP contribution in [0, 0.1) is 11.8 Å². The quantitative estimate of drug-likeness (QED) is 0.608. The second kappa shape index (κ2) is 4.76. The van der Waals surface area contributed by atoms with Crippen molar-refractivity contribution in [2.24, 2.45) is 11.8 Å². The third-order valence-electron chi connectivity index (χ3n) is 2.96. The van der Waals surface area contributed by atoms with Gasteiger partial charge in [0.2, 0.25) is 0 Å². The molecule has 1 heteroatoms. The monoisotopic (exact) mass is 156 g/mol. The van der Waals surface area contributed by atoms with E-state index >= 15 is 0 Å². The van der Waals surface area contributed by atoms with Crippen molar-refractivity contribution in [3.8, 4) is 0 Å². The summed E-state index contributed by atoms with van der Waals surface area (Å²) in [5.74, 6) is 2.00. The molecule has 1 saturated carbocycles. The maximum absolute atomic E-state index is 5.07. The van der Waals surface area contributed by atoms with E-state index in [4.69, 9.17) is 4.74 Å². The van der Waals surface area contributed by atoms with Gasteiger partial charge in [0.15, 0.2) is 0 Å². The fourth-order valence-electron chi connectivity index (χ4n) is 2.10. The Balaban J connectivity index is 2.09. The molecule has 0 spiro atoms. The molecule has 0 aromatic rings. The normalized spacial score (nSPS) is 31.1. The van der Waals surface area contributed by atoms with Crippen LogP contribution in [0.25, 0.3) is 0 Å². The highest BCUT2D eigenvalue weighted by Gasteiger charge is 2.22. The van der Waals surface area contributed by atoms with Crippen molar-refractivity contribution in [2.45, 2.75) is 39.0 Å². The van der Waals surface area contributed by atoms with Gasteiger partial charge in [-0.2, -0.15) is 0 Å². The van der Waals surface area contributed by atoms with Crippen molar-refractivity contribution in [1.29, 1.82) is 0 Å². The second-order valence-corrected chi connectivity index (χ2v) is 3.73. The molecule has 1 nitrogen and oxygen atoms in total. The molecule has 11 heavy (non-hydrogen) atoms. The van der Waals surface area contributed by atoms with Gasteiger partial charge in [-0.05, 0) is 24.7 Å². The first-order valence-corrected chi connectivity index (χ1v) is 4.85. The van der Waals surface area contributed by atoms with Gasteiger partial charge < -0.3 is 4.74 Å². The van der Waals surface area contributed by atoms with E-state index < -0.39 is 0 Å². The molecule has 1 fully saturated rings. The predicted octanol–water partition coefficient (Wildman–Crippen LogP) is 2.85. The molecule has 0 heterocycles. The summed E-state index contributed by atoms with van der Waals surface area (Å²) in [4.78, 5) is 0. The predicted molar refractivity (Wildman–Crippen MR) is 47.6 cm³/mol. The van der Waals surface area contributed by atoms with E-state index in [1.807, 2.05) is 0 Å². The topological polar surface area (TPSA) is 9.23 Å². The van der Waals surface area contributed by atoms with Crippen LogP contribution < -0.4 is 0 Å². The Hall–Kier alpha value is -0.0400. The van der Waals surface area contributed by atoms with Crippen molar-refractivity contribution >= 4 is 0 Å². The summed E-state index contributed by atoms with van der Waals surface area (Å²) in [5.41, 5.74) is 0. The molecule has 2 atom stereocenters. The van der Waals surface area contributed by atoms with Gasteiger partial charge in [-0.25, -0.2) is 0 Å². The van der Waals surface area contributed by atoms with Crippen LogP contribution >= 0.6 is 0 Å². The van der Waals surface area contributed by atoms with Crippen LogP contribution in [0.5, 0.6) is 0 Å². The van der Waals surface area contributed by atoms with Gasteiger partial charge in [-0.3, -0.25) is 0 Å². The summed E-state index contributed by atoms with van der Waals surface area (Å²) in [6.07, 6.45) is 7.03. The van der Waals surface area contributed by atoms with Gasteiger partial charge in [-0.1, -0.05) is 26.2 Å². The highest BCUT2D eigenvalue weighted by molar-refractivity contribution is 4.74. The molecule has 0 unspecified atom stereocenters. The van der Waals surface area contributed by atoms with E-state index in [9.17, 15) is 0 Å². The van der Waals surface area contributed by atoms with E-state index in [-0.39, 0.29) is 0 Å². The molecular weight excluding hydrogens is 136 g/mol. The summed E-state index contributed by atoms with van der Waals surface area (Å²) in [6.45, 7) is 3.27. The molecule has 0 aliphatic heterocycles. The van der Waals surface area contributed by atoms with Crippen LogP contribution in [-0.4, -0.2) is 13.7 Å². The minimum Gasteiger partial charge on any atom is -0.385 e. The zero-order chi connectivity index (χ0) is 8.10. The molecule has 0 radical (unpaired) electrons. The number of methoxy groups -OCH3 is 1. The van der Waals surface area contributed by atoms with Crippen molar-refractivity contribution < 1.29 is 4.74 Å². The number of ether oxygens (including phenoxy) is 1. The first kappa shape index (κ1) is 9.05. The Bertz CT molecular complexity index is 101. The summed E-state index contributed by atoms with van der Waals surface area (Å²) in [6, 6.07) is 0. The lowest BCUT2D eigenvalue weighted by atomic mass is 10.0.